The van der Waals surface area contributed by atoms with Gasteiger partial charge in [0.05, 0.1) is 0 Å². The van der Waals surface area contributed by atoms with Gasteiger partial charge in [-0.05, 0) is 54.4 Å². The maximum absolute atomic E-state index is 6.02. The molecule has 1 aliphatic carbocycles. The van der Waals surface area contributed by atoms with Crippen molar-refractivity contribution >= 4 is 17.2 Å². The standard InChI is InChI=1S/C15H19Cl/c1-11(2)12-6-8-13(9-7-12)14-4-3-5-15(16)10-14/h3-5,8,10-12H,6-7,9H2,1-2H3. The molecule has 1 heteroatoms. The molecule has 1 aliphatic rings. The second-order valence-corrected chi connectivity index (χ2v) is 5.45. The minimum atomic E-state index is 0.803. The first-order chi connectivity index (χ1) is 7.66. The summed E-state index contributed by atoms with van der Waals surface area (Å²) in [5, 5.41) is 0.837. The first-order valence-electron chi connectivity index (χ1n) is 6.12. The van der Waals surface area contributed by atoms with Crippen molar-refractivity contribution in [1.82, 2.24) is 0 Å². The van der Waals surface area contributed by atoms with Crippen LogP contribution in [0, 0.1) is 11.8 Å². The molecule has 0 nitrogen and oxygen atoms in total. The van der Waals surface area contributed by atoms with Crippen LogP contribution in [-0.2, 0) is 0 Å². The highest BCUT2D eigenvalue weighted by atomic mass is 35.5. The van der Waals surface area contributed by atoms with Gasteiger partial charge in [0.2, 0.25) is 0 Å². The van der Waals surface area contributed by atoms with E-state index in [1.165, 1.54) is 30.4 Å². The van der Waals surface area contributed by atoms with Crippen LogP contribution in [0.5, 0.6) is 0 Å². The third-order valence-corrected chi connectivity index (χ3v) is 3.82. The zero-order valence-corrected chi connectivity index (χ0v) is 10.8. The highest BCUT2D eigenvalue weighted by Crippen LogP contribution is 2.34. The van der Waals surface area contributed by atoms with E-state index in [9.17, 15) is 0 Å². The van der Waals surface area contributed by atoms with Gasteiger partial charge >= 0.3 is 0 Å². The van der Waals surface area contributed by atoms with E-state index in [4.69, 9.17) is 11.6 Å². The van der Waals surface area contributed by atoms with Gasteiger partial charge in [-0.1, -0.05) is 43.7 Å². The van der Waals surface area contributed by atoms with Crippen LogP contribution in [0.2, 0.25) is 5.02 Å². The summed E-state index contributed by atoms with van der Waals surface area (Å²) in [7, 11) is 0. The van der Waals surface area contributed by atoms with Crippen molar-refractivity contribution in [1.29, 1.82) is 0 Å². The monoisotopic (exact) mass is 234 g/mol. The minimum absolute atomic E-state index is 0.803. The molecule has 1 aromatic rings. The maximum Gasteiger partial charge on any atom is 0.0412 e. The van der Waals surface area contributed by atoms with Crippen LogP contribution >= 0.6 is 11.6 Å². The van der Waals surface area contributed by atoms with Crippen LogP contribution in [-0.4, -0.2) is 0 Å². The molecule has 0 heterocycles. The minimum Gasteiger partial charge on any atom is -0.0843 e. The zero-order valence-electron chi connectivity index (χ0n) is 10.0. The second kappa shape index (κ2) is 5.05. The van der Waals surface area contributed by atoms with Gasteiger partial charge in [-0.25, -0.2) is 0 Å². The number of rotatable bonds is 2. The Labute approximate surface area is 103 Å². The van der Waals surface area contributed by atoms with Crippen molar-refractivity contribution < 1.29 is 0 Å². The normalized spacial score (nSPS) is 21.0. The topological polar surface area (TPSA) is 0 Å². The predicted octanol–water partition coefficient (Wildman–Crippen LogP) is 5.18. The van der Waals surface area contributed by atoms with E-state index in [0.717, 1.165) is 16.9 Å². The van der Waals surface area contributed by atoms with Gasteiger partial charge in [0.15, 0.2) is 0 Å². The fourth-order valence-corrected chi connectivity index (χ4v) is 2.60. The summed E-state index contributed by atoms with van der Waals surface area (Å²) < 4.78 is 0. The number of halogens is 1. The van der Waals surface area contributed by atoms with Crippen molar-refractivity contribution in [3.63, 3.8) is 0 Å². The Balaban J connectivity index is 2.13. The average Bonchev–Trinajstić information content (AvgIpc) is 2.29. The molecule has 1 atom stereocenters. The first kappa shape index (κ1) is 11.7. The molecular weight excluding hydrogens is 216 g/mol. The highest BCUT2D eigenvalue weighted by Gasteiger charge is 2.17. The molecule has 1 aromatic carbocycles. The van der Waals surface area contributed by atoms with E-state index >= 15 is 0 Å². The summed E-state index contributed by atoms with van der Waals surface area (Å²) in [5.41, 5.74) is 2.77. The Morgan fingerprint density at radius 2 is 2.12 bits per heavy atom. The summed E-state index contributed by atoms with van der Waals surface area (Å²) in [4.78, 5) is 0. The van der Waals surface area contributed by atoms with Crippen molar-refractivity contribution in [2.75, 3.05) is 0 Å². The van der Waals surface area contributed by atoms with E-state index in [1.807, 2.05) is 12.1 Å². The molecule has 0 bridgehead atoms. The van der Waals surface area contributed by atoms with Crippen LogP contribution in [0.3, 0.4) is 0 Å². The Kier molecular flexibility index (Phi) is 3.70. The summed E-state index contributed by atoms with van der Waals surface area (Å²) in [6, 6.07) is 8.20. The number of allylic oxidation sites excluding steroid dienone is 2. The average molecular weight is 235 g/mol. The summed E-state index contributed by atoms with van der Waals surface area (Å²) in [6.07, 6.45) is 6.14. The van der Waals surface area contributed by atoms with Gasteiger partial charge < -0.3 is 0 Å². The predicted molar refractivity (Wildman–Crippen MR) is 71.6 cm³/mol. The van der Waals surface area contributed by atoms with Crippen molar-refractivity contribution in [3.8, 4) is 0 Å². The third kappa shape index (κ3) is 2.68. The molecule has 86 valence electrons. The SMILES string of the molecule is CC(C)C1CC=C(c2cccc(Cl)c2)CC1. The van der Waals surface area contributed by atoms with E-state index < -0.39 is 0 Å². The van der Waals surface area contributed by atoms with Gasteiger partial charge in [0.25, 0.3) is 0 Å². The Hall–Kier alpha value is -0.750. The van der Waals surface area contributed by atoms with Crippen LogP contribution in [0.1, 0.15) is 38.7 Å². The highest BCUT2D eigenvalue weighted by molar-refractivity contribution is 6.30. The van der Waals surface area contributed by atoms with Crippen LogP contribution in [0.4, 0.5) is 0 Å². The van der Waals surface area contributed by atoms with Gasteiger partial charge in [0, 0.05) is 5.02 Å². The lowest BCUT2D eigenvalue weighted by Gasteiger charge is -2.25. The molecule has 0 aromatic heterocycles. The zero-order chi connectivity index (χ0) is 11.5. The Morgan fingerprint density at radius 3 is 2.69 bits per heavy atom. The summed E-state index contributed by atoms with van der Waals surface area (Å²) in [5.74, 6) is 1.67. The quantitative estimate of drug-likeness (QED) is 0.662. The molecule has 0 saturated heterocycles. The summed E-state index contributed by atoms with van der Waals surface area (Å²) in [6.45, 7) is 4.64. The smallest absolute Gasteiger partial charge is 0.0412 e. The Morgan fingerprint density at radius 1 is 1.31 bits per heavy atom. The molecule has 0 aliphatic heterocycles. The van der Waals surface area contributed by atoms with Gasteiger partial charge in [0.1, 0.15) is 0 Å². The molecule has 0 N–H and O–H groups in total. The molecule has 16 heavy (non-hydrogen) atoms. The molecule has 0 saturated carbocycles. The number of hydrogen-bond donors (Lipinski definition) is 0. The molecule has 1 unspecified atom stereocenters. The van der Waals surface area contributed by atoms with Crippen molar-refractivity contribution in [2.24, 2.45) is 11.8 Å². The molecular formula is C15H19Cl. The summed E-state index contributed by atoms with van der Waals surface area (Å²) >= 11 is 6.02. The molecule has 0 radical (unpaired) electrons. The van der Waals surface area contributed by atoms with Crippen LogP contribution < -0.4 is 0 Å². The van der Waals surface area contributed by atoms with Gasteiger partial charge in [-0.15, -0.1) is 0 Å². The van der Waals surface area contributed by atoms with Gasteiger partial charge in [-0.2, -0.15) is 0 Å². The lowest BCUT2D eigenvalue weighted by Crippen LogP contribution is -2.11. The lowest BCUT2D eigenvalue weighted by molar-refractivity contribution is 0.359. The number of benzene rings is 1. The third-order valence-electron chi connectivity index (χ3n) is 3.59. The van der Waals surface area contributed by atoms with Crippen molar-refractivity contribution in [2.45, 2.75) is 33.1 Å². The van der Waals surface area contributed by atoms with Crippen molar-refractivity contribution in [3.05, 3.63) is 40.9 Å². The fourth-order valence-electron chi connectivity index (χ4n) is 2.41. The fraction of sp³-hybridized carbons (Fsp3) is 0.467. The maximum atomic E-state index is 6.02. The Bertz CT molecular complexity index is 390. The lowest BCUT2D eigenvalue weighted by atomic mass is 9.81. The molecule has 0 amide bonds. The largest absolute Gasteiger partial charge is 0.0843 e. The van der Waals surface area contributed by atoms with E-state index in [2.05, 4.69) is 32.1 Å². The first-order valence-corrected chi connectivity index (χ1v) is 6.49. The van der Waals surface area contributed by atoms with Crippen LogP contribution in [0.25, 0.3) is 5.57 Å². The number of hydrogen-bond acceptors (Lipinski definition) is 0. The molecule has 0 fully saturated rings. The van der Waals surface area contributed by atoms with E-state index in [-0.39, 0.29) is 0 Å². The van der Waals surface area contributed by atoms with Gasteiger partial charge in [-0.3, -0.25) is 0 Å². The molecule has 2 rings (SSSR count). The molecule has 0 spiro atoms. The van der Waals surface area contributed by atoms with E-state index in [1.54, 1.807) is 0 Å². The second-order valence-electron chi connectivity index (χ2n) is 5.02. The van der Waals surface area contributed by atoms with E-state index in [0.29, 0.717) is 0 Å². The van der Waals surface area contributed by atoms with Crippen LogP contribution in [0.15, 0.2) is 30.3 Å².